The molecule has 0 saturated carbocycles. The van der Waals surface area contributed by atoms with E-state index in [4.69, 9.17) is 0 Å². The van der Waals surface area contributed by atoms with E-state index in [1.165, 1.54) is 5.56 Å². The molecule has 27 heavy (non-hydrogen) atoms. The molecule has 1 N–H and O–H groups in total. The van der Waals surface area contributed by atoms with Gasteiger partial charge >= 0.3 is 0 Å². The lowest BCUT2D eigenvalue weighted by Gasteiger charge is -2.17. The highest BCUT2D eigenvalue weighted by atomic mass is 16.1. The normalized spacial score (nSPS) is 10.9. The van der Waals surface area contributed by atoms with Crippen molar-refractivity contribution in [2.75, 3.05) is 5.32 Å². The molecule has 0 unspecified atom stereocenters. The number of benzene rings is 3. The summed E-state index contributed by atoms with van der Waals surface area (Å²) in [5.74, 6) is 0. The predicted octanol–water partition coefficient (Wildman–Crippen LogP) is 4.74. The molecule has 0 atom stereocenters. The number of fused-ring (bicyclic) bond motifs is 1. The molecule has 4 rings (SSSR count). The minimum Gasteiger partial charge on any atom is -0.380 e. The smallest absolute Gasteiger partial charge is 0.256 e. The Balaban J connectivity index is 1.84. The molecular formula is C24H22N2O. The fraction of sp³-hybridized carbons (Fsp3) is 0.125. The average Bonchev–Trinajstić information content (AvgIpc) is 2.73. The molecule has 1 aromatic heterocycles. The van der Waals surface area contributed by atoms with Crippen molar-refractivity contribution in [2.45, 2.75) is 13.0 Å². The summed E-state index contributed by atoms with van der Waals surface area (Å²) in [7, 11) is 1.85. The molecule has 0 bridgehead atoms. The molecule has 0 aliphatic carbocycles. The Morgan fingerprint density at radius 3 is 2.07 bits per heavy atom. The first-order chi connectivity index (χ1) is 13.2. The predicted molar refractivity (Wildman–Crippen MR) is 112 cm³/mol. The van der Waals surface area contributed by atoms with Crippen molar-refractivity contribution in [1.82, 2.24) is 4.57 Å². The summed E-state index contributed by atoms with van der Waals surface area (Å²) in [5.41, 5.74) is 5.04. The molecule has 3 aromatic carbocycles. The van der Waals surface area contributed by atoms with Gasteiger partial charge in [-0.25, -0.2) is 0 Å². The van der Waals surface area contributed by atoms with Crippen molar-refractivity contribution < 1.29 is 0 Å². The molecule has 1 heterocycles. The lowest BCUT2D eigenvalue weighted by Crippen LogP contribution is -2.24. The van der Waals surface area contributed by atoms with Gasteiger partial charge < -0.3 is 9.88 Å². The van der Waals surface area contributed by atoms with Gasteiger partial charge in [0.1, 0.15) is 0 Å². The van der Waals surface area contributed by atoms with Crippen LogP contribution in [-0.4, -0.2) is 4.57 Å². The van der Waals surface area contributed by atoms with E-state index in [1.54, 1.807) is 4.57 Å². The number of pyridine rings is 1. The Morgan fingerprint density at radius 1 is 0.778 bits per heavy atom. The topological polar surface area (TPSA) is 34.0 Å². The first-order valence-corrected chi connectivity index (χ1v) is 9.16. The highest BCUT2D eigenvalue weighted by Gasteiger charge is 2.15. The summed E-state index contributed by atoms with van der Waals surface area (Å²) in [4.78, 5) is 13.1. The summed E-state index contributed by atoms with van der Waals surface area (Å²) in [6.45, 7) is 0.680. The SMILES string of the molecule is Cn1c(=O)c(Cc2ccccc2)c(NCc2ccccc2)c2ccccc21. The summed E-state index contributed by atoms with van der Waals surface area (Å²) < 4.78 is 1.75. The second-order valence-corrected chi connectivity index (χ2v) is 6.74. The van der Waals surface area contributed by atoms with E-state index in [1.807, 2.05) is 61.6 Å². The minimum atomic E-state index is 0.0492. The van der Waals surface area contributed by atoms with Crippen molar-refractivity contribution in [2.24, 2.45) is 7.05 Å². The number of anilines is 1. The Hall–Kier alpha value is -3.33. The van der Waals surface area contributed by atoms with Crippen LogP contribution in [0.5, 0.6) is 0 Å². The first-order valence-electron chi connectivity index (χ1n) is 9.16. The van der Waals surface area contributed by atoms with Crippen LogP contribution < -0.4 is 10.9 Å². The number of nitrogens with zero attached hydrogens (tertiary/aromatic N) is 1. The third kappa shape index (κ3) is 3.49. The fourth-order valence-corrected chi connectivity index (χ4v) is 3.51. The Kier molecular flexibility index (Phi) is 4.75. The quantitative estimate of drug-likeness (QED) is 0.562. The molecule has 0 spiro atoms. The number of para-hydroxylation sites is 1. The molecule has 0 radical (unpaired) electrons. The van der Waals surface area contributed by atoms with Gasteiger partial charge in [0.2, 0.25) is 0 Å². The van der Waals surface area contributed by atoms with Crippen LogP contribution in [0.25, 0.3) is 10.9 Å². The van der Waals surface area contributed by atoms with Gasteiger partial charge in [0.25, 0.3) is 5.56 Å². The van der Waals surface area contributed by atoms with Crippen LogP contribution in [0.2, 0.25) is 0 Å². The van der Waals surface area contributed by atoms with Gasteiger partial charge in [-0.3, -0.25) is 4.79 Å². The Morgan fingerprint density at radius 2 is 1.37 bits per heavy atom. The largest absolute Gasteiger partial charge is 0.380 e. The van der Waals surface area contributed by atoms with Crippen molar-refractivity contribution in [1.29, 1.82) is 0 Å². The zero-order chi connectivity index (χ0) is 18.6. The molecule has 0 saturated heterocycles. The van der Waals surface area contributed by atoms with Gasteiger partial charge in [0.15, 0.2) is 0 Å². The lowest BCUT2D eigenvalue weighted by molar-refractivity contribution is 0.881. The molecule has 3 nitrogen and oxygen atoms in total. The molecule has 3 heteroatoms. The Labute approximate surface area is 158 Å². The standard InChI is InChI=1S/C24H22N2O/c1-26-22-15-9-8-14-20(22)23(25-17-19-12-6-3-7-13-19)21(24(26)27)16-18-10-4-2-5-11-18/h2-15,25H,16-17H2,1H3. The van der Waals surface area contributed by atoms with Crippen LogP contribution in [0.1, 0.15) is 16.7 Å². The van der Waals surface area contributed by atoms with Gasteiger partial charge in [-0.15, -0.1) is 0 Å². The zero-order valence-corrected chi connectivity index (χ0v) is 15.4. The van der Waals surface area contributed by atoms with Crippen LogP contribution >= 0.6 is 0 Å². The highest BCUT2D eigenvalue weighted by Crippen LogP contribution is 2.27. The van der Waals surface area contributed by atoms with Gasteiger partial charge in [-0.1, -0.05) is 78.9 Å². The molecule has 4 aromatic rings. The summed E-state index contributed by atoms with van der Waals surface area (Å²) in [6.07, 6.45) is 0.607. The number of nitrogens with one attached hydrogen (secondary N) is 1. The van der Waals surface area contributed by atoms with E-state index < -0.39 is 0 Å². The van der Waals surface area contributed by atoms with E-state index >= 15 is 0 Å². The van der Waals surface area contributed by atoms with Crippen molar-refractivity contribution in [3.8, 4) is 0 Å². The first kappa shape index (κ1) is 17.1. The van der Waals surface area contributed by atoms with Gasteiger partial charge in [-0.05, 0) is 17.2 Å². The van der Waals surface area contributed by atoms with Crippen LogP contribution in [-0.2, 0) is 20.0 Å². The fourth-order valence-electron chi connectivity index (χ4n) is 3.51. The number of aromatic nitrogens is 1. The second-order valence-electron chi connectivity index (χ2n) is 6.74. The molecule has 0 aliphatic heterocycles. The van der Waals surface area contributed by atoms with E-state index in [9.17, 15) is 4.79 Å². The zero-order valence-electron chi connectivity index (χ0n) is 15.4. The van der Waals surface area contributed by atoms with Crippen LogP contribution in [0.3, 0.4) is 0 Å². The lowest BCUT2D eigenvalue weighted by atomic mass is 10.0. The molecule has 0 amide bonds. The van der Waals surface area contributed by atoms with Gasteiger partial charge in [0.05, 0.1) is 11.2 Å². The van der Waals surface area contributed by atoms with Gasteiger partial charge in [0, 0.05) is 31.0 Å². The number of rotatable bonds is 5. The molecular weight excluding hydrogens is 332 g/mol. The summed E-state index contributed by atoms with van der Waals surface area (Å²) in [5, 5.41) is 4.62. The van der Waals surface area contributed by atoms with Crippen molar-refractivity contribution in [3.63, 3.8) is 0 Å². The molecule has 134 valence electrons. The van der Waals surface area contributed by atoms with Crippen molar-refractivity contribution in [3.05, 3.63) is 112 Å². The Bertz CT molecular complexity index is 1120. The maximum atomic E-state index is 13.1. The number of aryl methyl sites for hydroxylation is 1. The van der Waals surface area contributed by atoms with Crippen molar-refractivity contribution >= 4 is 16.6 Å². The third-order valence-electron chi connectivity index (χ3n) is 4.94. The van der Waals surface area contributed by atoms with E-state index in [0.717, 1.165) is 27.7 Å². The van der Waals surface area contributed by atoms with E-state index in [2.05, 4.69) is 35.6 Å². The van der Waals surface area contributed by atoms with E-state index in [-0.39, 0.29) is 5.56 Å². The monoisotopic (exact) mass is 354 g/mol. The van der Waals surface area contributed by atoms with Crippen LogP contribution in [0, 0.1) is 0 Å². The molecule has 0 aliphatic rings. The minimum absolute atomic E-state index is 0.0492. The average molecular weight is 354 g/mol. The van der Waals surface area contributed by atoms with Crippen LogP contribution in [0.4, 0.5) is 5.69 Å². The third-order valence-corrected chi connectivity index (χ3v) is 4.94. The maximum Gasteiger partial charge on any atom is 0.256 e. The number of hydrogen-bond donors (Lipinski definition) is 1. The highest BCUT2D eigenvalue weighted by molar-refractivity contribution is 5.93. The maximum absolute atomic E-state index is 13.1. The number of hydrogen-bond acceptors (Lipinski definition) is 2. The summed E-state index contributed by atoms with van der Waals surface area (Å²) >= 11 is 0. The van der Waals surface area contributed by atoms with Gasteiger partial charge in [-0.2, -0.15) is 0 Å². The van der Waals surface area contributed by atoms with E-state index in [0.29, 0.717) is 13.0 Å². The summed E-state index contributed by atoms with van der Waals surface area (Å²) in [6, 6.07) is 28.5. The van der Waals surface area contributed by atoms with Crippen LogP contribution in [0.15, 0.2) is 89.7 Å². The second kappa shape index (κ2) is 7.50. The molecule has 0 fully saturated rings.